The van der Waals surface area contributed by atoms with Crippen molar-refractivity contribution in [1.29, 1.82) is 0 Å². The number of para-hydroxylation sites is 2. The number of nitrogens with zero attached hydrogens (tertiary/aromatic N) is 5. The minimum Gasteiger partial charge on any atom is -0.387 e. The molecule has 5 N–H and O–H groups in total. The molecule has 6 heterocycles. The lowest BCUT2D eigenvalue weighted by Gasteiger charge is -2.25. The summed E-state index contributed by atoms with van der Waals surface area (Å²) in [5.41, 5.74) is 0.477. The number of phosphoric ester groups is 2. The third-order valence-electron chi connectivity index (χ3n) is 7.33. The number of benzene rings is 1. The van der Waals surface area contributed by atoms with Crippen molar-refractivity contribution >= 4 is 37.8 Å². The van der Waals surface area contributed by atoms with Gasteiger partial charge in [0.1, 0.15) is 36.6 Å². The van der Waals surface area contributed by atoms with Crippen molar-refractivity contribution < 1.29 is 56.7 Å². The standard InChI is InChI=1S/C22H24N6O13P2/c29-15-12-5-36-42(32,33)40-17-13(39-21(16(17)30)27-8-25-10-3-1-2-4-11(10)27)6-37-43(34,35)41-18(15)22(38-12)28-9-26-14-19(28)23-7-24-20(14)31/h1-4,7-9,12-13,15-18,21-22,29-30H,5-6H2,(H,32,33)(H,34,35)(H,23,24,31). The summed E-state index contributed by atoms with van der Waals surface area (Å²) in [7, 11) is -10.0. The van der Waals surface area contributed by atoms with E-state index in [2.05, 4.69) is 19.9 Å². The highest BCUT2D eigenvalue weighted by molar-refractivity contribution is 7.47. The Hall–Kier alpha value is -2.90. The van der Waals surface area contributed by atoms with Crippen LogP contribution in [0.25, 0.3) is 22.2 Å². The lowest BCUT2D eigenvalue weighted by Crippen LogP contribution is -2.36. The van der Waals surface area contributed by atoms with Crippen molar-refractivity contribution in [2.75, 3.05) is 13.2 Å². The number of aliphatic hydroxyl groups excluding tert-OH is 2. The van der Waals surface area contributed by atoms with Crippen LogP contribution in [0.2, 0.25) is 0 Å². The van der Waals surface area contributed by atoms with E-state index >= 15 is 0 Å². The van der Waals surface area contributed by atoms with Gasteiger partial charge >= 0.3 is 15.6 Å². The van der Waals surface area contributed by atoms with Gasteiger partial charge in [0.15, 0.2) is 23.6 Å². The van der Waals surface area contributed by atoms with Gasteiger partial charge in [-0.1, -0.05) is 12.1 Å². The van der Waals surface area contributed by atoms with Gasteiger partial charge in [0.25, 0.3) is 5.56 Å². The van der Waals surface area contributed by atoms with Gasteiger partial charge in [-0.15, -0.1) is 0 Å². The Morgan fingerprint density at radius 1 is 0.837 bits per heavy atom. The molecule has 10 atom stereocenters. The summed E-state index contributed by atoms with van der Waals surface area (Å²) in [6.45, 7) is -1.52. The number of aromatic nitrogens is 6. The van der Waals surface area contributed by atoms with Crippen LogP contribution in [0.1, 0.15) is 12.5 Å². The predicted molar refractivity (Wildman–Crippen MR) is 139 cm³/mol. The molecule has 0 spiro atoms. The van der Waals surface area contributed by atoms with E-state index in [9.17, 15) is 33.9 Å². The first-order chi connectivity index (χ1) is 20.5. The lowest BCUT2D eigenvalue weighted by atomic mass is 10.1. The molecule has 2 bridgehead atoms. The van der Waals surface area contributed by atoms with E-state index in [1.807, 2.05) is 0 Å². The van der Waals surface area contributed by atoms with Crippen LogP contribution in [0.15, 0.2) is 48.0 Å². The summed E-state index contributed by atoms with van der Waals surface area (Å²) in [5.74, 6) is 0. The quantitative estimate of drug-likeness (QED) is 0.176. The molecule has 4 aromatic rings. The Morgan fingerprint density at radius 2 is 1.51 bits per heavy atom. The minimum absolute atomic E-state index is 0.00339. The molecule has 1 aromatic carbocycles. The number of aliphatic hydroxyl groups is 2. The summed E-state index contributed by atoms with van der Waals surface area (Å²) in [6, 6.07) is 6.95. The molecule has 19 nitrogen and oxygen atoms in total. The molecular formula is C22H24N6O13P2. The topological polar surface area (TPSA) is 252 Å². The van der Waals surface area contributed by atoms with E-state index in [4.69, 9.17) is 27.6 Å². The summed E-state index contributed by atoms with van der Waals surface area (Å²) in [6.07, 6.45) is -8.29. The van der Waals surface area contributed by atoms with Crippen LogP contribution in [0, 0.1) is 0 Å². The van der Waals surface area contributed by atoms with Gasteiger partial charge in [-0.3, -0.25) is 27.5 Å². The number of H-pyrrole nitrogens is 1. The number of ether oxygens (including phenoxy) is 2. The third kappa shape index (κ3) is 5.16. The molecule has 7 rings (SSSR count). The smallest absolute Gasteiger partial charge is 0.387 e. The van der Waals surface area contributed by atoms with Gasteiger partial charge in [0, 0.05) is 0 Å². The minimum atomic E-state index is -5.04. The second-order valence-corrected chi connectivity index (χ2v) is 12.8. The van der Waals surface area contributed by atoms with Crippen molar-refractivity contribution in [1.82, 2.24) is 29.1 Å². The summed E-state index contributed by atoms with van der Waals surface area (Å²) in [4.78, 5) is 48.0. The maximum absolute atomic E-state index is 13.1. The molecule has 10 unspecified atom stereocenters. The van der Waals surface area contributed by atoms with Crippen molar-refractivity contribution in [3.05, 3.63) is 53.6 Å². The molecule has 0 amide bonds. The number of aromatic amines is 1. The number of hydrogen-bond acceptors (Lipinski definition) is 14. The Bertz CT molecular complexity index is 1830. The number of phosphoric acid groups is 2. The van der Waals surface area contributed by atoms with E-state index in [1.165, 1.54) is 15.5 Å². The molecule has 3 fully saturated rings. The average molecular weight is 642 g/mol. The zero-order chi connectivity index (χ0) is 30.1. The number of hydrogen-bond donors (Lipinski definition) is 5. The first-order valence-corrected chi connectivity index (χ1v) is 15.8. The Balaban J connectivity index is 1.20. The number of fused-ring (bicyclic) bond motifs is 5. The van der Waals surface area contributed by atoms with Gasteiger partial charge in [-0.05, 0) is 12.1 Å². The van der Waals surface area contributed by atoms with Crippen molar-refractivity contribution in [3.63, 3.8) is 0 Å². The van der Waals surface area contributed by atoms with Gasteiger partial charge in [0.05, 0.1) is 43.2 Å². The van der Waals surface area contributed by atoms with Crippen LogP contribution in [-0.4, -0.2) is 98.9 Å². The van der Waals surface area contributed by atoms with Gasteiger partial charge < -0.3 is 39.0 Å². The fourth-order valence-electron chi connectivity index (χ4n) is 5.34. The first kappa shape index (κ1) is 28.8. The Kier molecular flexibility index (Phi) is 7.13. The average Bonchev–Trinajstić information content (AvgIpc) is 3.72. The van der Waals surface area contributed by atoms with Crippen LogP contribution >= 0.6 is 15.6 Å². The van der Waals surface area contributed by atoms with E-state index in [-0.39, 0.29) is 11.2 Å². The van der Waals surface area contributed by atoms with Gasteiger partial charge in [0.2, 0.25) is 0 Å². The molecule has 21 heteroatoms. The van der Waals surface area contributed by atoms with Crippen LogP contribution < -0.4 is 5.56 Å². The predicted octanol–water partition coefficient (Wildman–Crippen LogP) is -0.296. The molecule has 0 aliphatic carbocycles. The van der Waals surface area contributed by atoms with E-state index in [0.717, 1.165) is 12.7 Å². The van der Waals surface area contributed by atoms with Crippen molar-refractivity contribution in [3.8, 4) is 0 Å². The molecule has 0 saturated carbocycles. The molecule has 3 aliphatic heterocycles. The maximum atomic E-state index is 13.1. The number of imidazole rings is 2. The first-order valence-electron chi connectivity index (χ1n) is 12.8. The highest BCUT2D eigenvalue weighted by atomic mass is 31.2. The SMILES string of the molecule is O=c1[nH]cnc2c1ncn2C1OC2COP(=O)(O)OC3C(COP(=O)(O)OC1C2O)OC(n1cnc2ccccc21)C3O. The second-order valence-electron chi connectivity index (χ2n) is 9.98. The largest absolute Gasteiger partial charge is 0.472 e. The maximum Gasteiger partial charge on any atom is 0.472 e. The fourth-order valence-corrected chi connectivity index (χ4v) is 7.24. The van der Waals surface area contributed by atoms with Crippen LogP contribution in [0.3, 0.4) is 0 Å². The Labute approximate surface area is 239 Å². The highest BCUT2D eigenvalue weighted by Crippen LogP contribution is 2.53. The number of rotatable bonds is 2. The van der Waals surface area contributed by atoms with Gasteiger partial charge in [-0.25, -0.2) is 24.1 Å². The van der Waals surface area contributed by atoms with Gasteiger partial charge in [-0.2, -0.15) is 0 Å². The summed E-state index contributed by atoms with van der Waals surface area (Å²) >= 11 is 0. The normalized spacial score (nSPS) is 38.9. The lowest BCUT2D eigenvalue weighted by molar-refractivity contribution is -0.0671. The monoisotopic (exact) mass is 642 g/mol. The summed E-state index contributed by atoms with van der Waals surface area (Å²) in [5, 5.41) is 22.1. The molecule has 230 valence electrons. The molecule has 3 aromatic heterocycles. The van der Waals surface area contributed by atoms with E-state index in [1.54, 1.807) is 24.3 Å². The highest BCUT2D eigenvalue weighted by Gasteiger charge is 2.53. The zero-order valence-corrected chi connectivity index (χ0v) is 23.5. The summed E-state index contributed by atoms with van der Waals surface area (Å²) < 4.78 is 61.4. The van der Waals surface area contributed by atoms with Crippen LogP contribution in [0.4, 0.5) is 0 Å². The molecule has 3 saturated heterocycles. The van der Waals surface area contributed by atoms with Crippen LogP contribution in [-0.2, 0) is 36.7 Å². The molecule has 43 heavy (non-hydrogen) atoms. The van der Waals surface area contributed by atoms with E-state index in [0.29, 0.717) is 11.0 Å². The number of nitrogens with one attached hydrogen (secondary N) is 1. The fraction of sp³-hybridized carbons (Fsp3) is 0.455. The second kappa shape index (κ2) is 10.6. The molecule has 0 radical (unpaired) electrons. The third-order valence-corrected chi connectivity index (χ3v) is 9.30. The van der Waals surface area contributed by atoms with Crippen molar-refractivity contribution in [2.24, 2.45) is 0 Å². The molecular weight excluding hydrogens is 618 g/mol. The van der Waals surface area contributed by atoms with Crippen LogP contribution in [0.5, 0.6) is 0 Å². The molecule has 3 aliphatic rings. The van der Waals surface area contributed by atoms with E-state index < -0.39 is 83.5 Å². The van der Waals surface area contributed by atoms with Crippen molar-refractivity contribution in [2.45, 2.75) is 49.1 Å². The zero-order valence-electron chi connectivity index (χ0n) is 21.7. The Morgan fingerprint density at radius 3 is 2.30 bits per heavy atom.